The van der Waals surface area contributed by atoms with Crippen molar-refractivity contribution in [2.45, 2.75) is 6.92 Å². The molecule has 148 valence electrons. The highest BCUT2D eigenvalue weighted by molar-refractivity contribution is 5.96. The fourth-order valence-corrected chi connectivity index (χ4v) is 2.51. The van der Waals surface area contributed by atoms with Crippen molar-refractivity contribution in [3.05, 3.63) is 76.1 Å². The predicted molar refractivity (Wildman–Crippen MR) is 104 cm³/mol. The number of benzene rings is 2. The van der Waals surface area contributed by atoms with Crippen molar-refractivity contribution in [2.75, 3.05) is 12.5 Å². The largest absolute Gasteiger partial charge is 0.493 e. The van der Waals surface area contributed by atoms with Crippen LogP contribution in [-0.2, 0) is 0 Å². The maximum Gasteiger partial charge on any atom is 0.374 e. The topological polar surface area (TPSA) is 129 Å². The first kappa shape index (κ1) is 19.5. The van der Waals surface area contributed by atoms with Gasteiger partial charge in [-0.1, -0.05) is 30.3 Å². The zero-order valence-electron chi connectivity index (χ0n) is 15.6. The van der Waals surface area contributed by atoms with E-state index in [1.807, 2.05) is 0 Å². The van der Waals surface area contributed by atoms with Crippen LogP contribution in [0.25, 0.3) is 0 Å². The summed E-state index contributed by atoms with van der Waals surface area (Å²) in [6, 6.07) is 13.6. The number of carbonyl (C=O) groups is 1. The second-order valence-corrected chi connectivity index (χ2v) is 5.78. The number of amides is 1. The Bertz CT molecular complexity index is 1060. The monoisotopic (exact) mass is 395 g/mol. The number of hydrogen-bond donors (Lipinski definition) is 2. The summed E-state index contributed by atoms with van der Waals surface area (Å²) in [5.41, 5.74) is 5.51. The molecular formula is C19H17N5O5. The second kappa shape index (κ2) is 8.65. The van der Waals surface area contributed by atoms with Crippen molar-refractivity contribution < 1.29 is 19.2 Å². The first-order chi connectivity index (χ1) is 14.0. The first-order valence-electron chi connectivity index (χ1n) is 8.43. The Morgan fingerprint density at radius 3 is 2.45 bits per heavy atom. The van der Waals surface area contributed by atoms with E-state index in [-0.39, 0.29) is 17.4 Å². The van der Waals surface area contributed by atoms with Gasteiger partial charge in [0.2, 0.25) is 5.82 Å². The smallest absolute Gasteiger partial charge is 0.374 e. The molecule has 0 unspecified atom stereocenters. The van der Waals surface area contributed by atoms with Crippen molar-refractivity contribution >= 4 is 17.4 Å². The van der Waals surface area contributed by atoms with Gasteiger partial charge in [0.15, 0.2) is 11.5 Å². The summed E-state index contributed by atoms with van der Waals surface area (Å²) in [5.74, 6) is -0.378. The molecular weight excluding hydrogens is 378 g/mol. The summed E-state index contributed by atoms with van der Waals surface area (Å²) in [7, 11) is 1.45. The van der Waals surface area contributed by atoms with Crippen molar-refractivity contribution in [1.29, 1.82) is 0 Å². The maximum absolute atomic E-state index is 12.3. The third-order valence-corrected chi connectivity index (χ3v) is 3.93. The Hall–Kier alpha value is -4.21. The molecule has 0 bridgehead atoms. The number of ether oxygens (including phenoxy) is 2. The van der Waals surface area contributed by atoms with Crippen molar-refractivity contribution in [3.63, 3.8) is 0 Å². The zero-order chi connectivity index (χ0) is 20.8. The van der Waals surface area contributed by atoms with E-state index in [0.29, 0.717) is 11.3 Å². The van der Waals surface area contributed by atoms with E-state index in [1.165, 1.54) is 7.11 Å². The fourth-order valence-electron chi connectivity index (χ4n) is 2.51. The third kappa shape index (κ3) is 4.38. The number of nitrogens with zero attached hydrogens (tertiary/aromatic N) is 3. The summed E-state index contributed by atoms with van der Waals surface area (Å²) in [6.07, 6.45) is 1.08. The molecule has 3 rings (SSSR count). The quantitative estimate of drug-likeness (QED) is 0.461. The van der Waals surface area contributed by atoms with Crippen LogP contribution in [0.2, 0.25) is 0 Å². The number of anilines is 1. The van der Waals surface area contributed by atoms with Gasteiger partial charge in [0.25, 0.3) is 5.91 Å². The minimum absolute atomic E-state index is 0.225. The van der Waals surface area contributed by atoms with Gasteiger partial charge in [-0.15, -0.1) is 0 Å². The summed E-state index contributed by atoms with van der Waals surface area (Å²) >= 11 is 0. The van der Waals surface area contributed by atoms with Gasteiger partial charge >= 0.3 is 11.6 Å². The van der Waals surface area contributed by atoms with E-state index < -0.39 is 16.5 Å². The lowest BCUT2D eigenvalue weighted by Crippen LogP contribution is -2.30. The predicted octanol–water partition coefficient (Wildman–Crippen LogP) is 3.25. The standard InChI is InChI=1S/C19H17N5O5/c1-12-7-3-4-8-13(12)18(25)23-22-17-16(24(26)27)19(21-11-20-17)29-15-10-6-5-9-14(15)28-2/h3-11H,1-2H3,(H,23,25)(H,20,21,22). The van der Waals surface area contributed by atoms with Gasteiger partial charge in [-0.05, 0) is 30.7 Å². The van der Waals surface area contributed by atoms with Crippen LogP contribution in [0.5, 0.6) is 17.4 Å². The lowest BCUT2D eigenvalue weighted by Gasteiger charge is -2.12. The maximum atomic E-state index is 12.3. The molecule has 0 saturated carbocycles. The van der Waals surface area contributed by atoms with Gasteiger partial charge in [-0.2, -0.15) is 4.98 Å². The summed E-state index contributed by atoms with van der Waals surface area (Å²) < 4.78 is 10.7. The summed E-state index contributed by atoms with van der Waals surface area (Å²) in [6.45, 7) is 1.78. The van der Waals surface area contributed by atoms with Gasteiger partial charge in [0.1, 0.15) is 6.33 Å². The average Bonchev–Trinajstić information content (AvgIpc) is 2.72. The van der Waals surface area contributed by atoms with Crippen LogP contribution in [0.3, 0.4) is 0 Å². The van der Waals surface area contributed by atoms with E-state index in [4.69, 9.17) is 9.47 Å². The van der Waals surface area contributed by atoms with Crippen LogP contribution in [0, 0.1) is 17.0 Å². The minimum Gasteiger partial charge on any atom is -0.493 e. The molecule has 0 aliphatic heterocycles. The number of aromatic nitrogens is 2. The lowest BCUT2D eigenvalue weighted by molar-refractivity contribution is -0.385. The van der Waals surface area contributed by atoms with Crippen LogP contribution in [0.1, 0.15) is 15.9 Å². The molecule has 29 heavy (non-hydrogen) atoms. The molecule has 1 amide bonds. The van der Waals surface area contributed by atoms with Crippen LogP contribution in [0.4, 0.5) is 11.5 Å². The normalized spacial score (nSPS) is 10.1. The van der Waals surface area contributed by atoms with E-state index in [0.717, 1.165) is 11.9 Å². The van der Waals surface area contributed by atoms with Gasteiger partial charge in [-0.3, -0.25) is 25.8 Å². The number of hydrogen-bond acceptors (Lipinski definition) is 8. The molecule has 3 aromatic rings. The number of nitro groups is 1. The Labute approximate surface area is 165 Å². The number of hydrazine groups is 1. The lowest BCUT2D eigenvalue weighted by atomic mass is 10.1. The Morgan fingerprint density at radius 2 is 1.76 bits per heavy atom. The highest BCUT2D eigenvalue weighted by Gasteiger charge is 2.26. The molecule has 2 N–H and O–H groups in total. The van der Waals surface area contributed by atoms with Crippen molar-refractivity contribution in [2.24, 2.45) is 0 Å². The minimum atomic E-state index is -0.701. The number of nitrogens with one attached hydrogen (secondary N) is 2. The van der Waals surface area contributed by atoms with E-state index in [2.05, 4.69) is 20.8 Å². The Balaban J connectivity index is 1.86. The molecule has 10 nitrogen and oxygen atoms in total. The summed E-state index contributed by atoms with van der Waals surface area (Å²) in [4.78, 5) is 31.0. The van der Waals surface area contributed by atoms with E-state index >= 15 is 0 Å². The van der Waals surface area contributed by atoms with Crippen molar-refractivity contribution in [3.8, 4) is 17.4 Å². The van der Waals surface area contributed by atoms with Crippen molar-refractivity contribution in [1.82, 2.24) is 15.4 Å². The number of rotatable bonds is 7. The Morgan fingerprint density at radius 1 is 1.07 bits per heavy atom. The number of carbonyl (C=O) groups excluding carboxylic acids is 1. The molecule has 0 aliphatic rings. The molecule has 2 aromatic carbocycles. The van der Waals surface area contributed by atoms with E-state index in [9.17, 15) is 14.9 Å². The van der Waals surface area contributed by atoms with Crippen LogP contribution < -0.4 is 20.3 Å². The highest BCUT2D eigenvalue weighted by atomic mass is 16.6. The fraction of sp³-hybridized carbons (Fsp3) is 0.105. The molecule has 0 atom stereocenters. The molecule has 10 heteroatoms. The van der Waals surface area contributed by atoms with Gasteiger partial charge in [0, 0.05) is 5.56 Å². The molecule has 0 radical (unpaired) electrons. The molecule has 0 saturated heterocycles. The first-order valence-corrected chi connectivity index (χ1v) is 8.43. The molecule has 1 aromatic heterocycles. The Kier molecular flexibility index (Phi) is 5.83. The molecule has 1 heterocycles. The van der Waals surface area contributed by atoms with Gasteiger partial charge in [0.05, 0.1) is 12.0 Å². The highest BCUT2D eigenvalue weighted by Crippen LogP contribution is 2.37. The average molecular weight is 395 g/mol. The van der Waals surface area contributed by atoms with Gasteiger partial charge < -0.3 is 9.47 Å². The number of para-hydroxylation sites is 2. The molecule has 0 aliphatic carbocycles. The van der Waals surface area contributed by atoms with Crippen LogP contribution in [0.15, 0.2) is 54.9 Å². The van der Waals surface area contributed by atoms with Gasteiger partial charge in [-0.25, -0.2) is 4.98 Å². The van der Waals surface area contributed by atoms with Crippen LogP contribution in [-0.4, -0.2) is 27.9 Å². The number of methoxy groups -OCH3 is 1. The molecule has 0 fully saturated rings. The van der Waals surface area contributed by atoms with E-state index in [1.54, 1.807) is 55.5 Å². The van der Waals surface area contributed by atoms with Crippen LogP contribution >= 0.6 is 0 Å². The summed E-state index contributed by atoms with van der Waals surface area (Å²) in [5, 5.41) is 11.6. The third-order valence-electron chi connectivity index (χ3n) is 3.93. The SMILES string of the molecule is COc1ccccc1Oc1ncnc(NNC(=O)c2ccccc2C)c1[N+](=O)[O-]. The number of aryl methyl sites for hydroxylation is 1. The molecule has 0 spiro atoms. The zero-order valence-corrected chi connectivity index (χ0v) is 15.6. The second-order valence-electron chi connectivity index (χ2n) is 5.78.